The van der Waals surface area contributed by atoms with Gasteiger partial charge < -0.3 is 4.90 Å². The third-order valence-electron chi connectivity index (χ3n) is 5.11. The molecule has 0 spiro atoms. The number of nitrogens with two attached hydrogens (primary N) is 1. The van der Waals surface area contributed by atoms with Crippen LogP contribution in [0.1, 0.15) is 44.9 Å². The highest BCUT2D eigenvalue weighted by Gasteiger charge is 2.20. The summed E-state index contributed by atoms with van der Waals surface area (Å²) in [5, 5.41) is 9.32. The van der Waals surface area contributed by atoms with Crippen LogP contribution in [0, 0.1) is 17.8 Å². The Hall–Kier alpha value is -2.16. The van der Waals surface area contributed by atoms with Crippen molar-refractivity contribution in [3.05, 3.63) is 30.0 Å². The molecule has 1 saturated carbocycles. The van der Waals surface area contributed by atoms with Crippen LogP contribution in [0.4, 0.5) is 11.5 Å². The molecule has 1 aromatic rings. The third-order valence-corrected chi connectivity index (χ3v) is 5.11. The number of allylic oxidation sites excluding steroid dienone is 1. The number of rotatable bonds is 3. The van der Waals surface area contributed by atoms with Gasteiger partial charge in [0.25, 0.3) is 0 Å². The Morgan fingerprint density at radius 3 is 2.76 bits per heavy atom. The highest BCUT2D eigenvalue weighted by molar-refractivity contribution is 5.97. The maximum absolute atomic E-state index is 12.1. The van der Waals surface area contributed by atoms with Crippen molar-refractivity contribution < 1.29 is 15.5 Å². The van der Waals surface area contributed by atoms with Gasteiger partial charge in [0.05, 0.1) is 0 Å². The first-order valence-corrected chi connectivity index (χ1v) is 9.18. The molecule has 0 amide bonds. The maximum Gasteiger partial charge on any atom is 0.208 e. The van der Waals surface area contributed by atoms with E-state index in [0.717, 1.165) is 68.6 Å². The third kappa shape index (κ3) is 4.68. The maximum atomic E-state index is 12.1. The van der Waals surface area contributed by atoms with Crippen LogP contribution < -0.4 is 10.4 Å². The molecule has 132 valence electrons. The van der Waals surface area contributed by atoms with Gasteiger partial charge in [0.15, 0.2) is 5.82 Å². The Kier molecular flexibility index (Phi) is 6.21. The largest absolute Gasteiger partial charge is 0.351 e. The van der Waals surface area contributed by atoms with Crippen molar-refractivity contribution in [2.24, 2.45) is 5.92 Å². The second-order valence-electron chi connectivity index (χ2n) is 6.80. The lowest BCUT2D eigenvalue weighted by Crippen LogP contribution is -2.74. The Balaban J connectivity index is 1.54. The average molecular weight is 340 g/mol. The number of aromatic nitrogens is 1. The van der Waals surface area contributed by atoms with Crippen molar-refractivity contribution in [2.75, 3.05) is 18.0 Å². The topological polar surface area (TPSA) is 70.0 Å². The van der Waals surface area contributed by atoms with E-state index in [4.69, 9.17) is 0 Å². The summed E-state index contributed by atoms with van der Waals surface area (Å²) in [7, 11) is 0. The highest BCUT2D eigenvalue weighted by Crippen LogP contribution is 2.25. The number of nitrogens with zero attached hydrogens (tertiary/aromatic N) is 2. The fourth-order valence-electron chi connectivity index (χ4n) is 3.60. The van der Waals surface area contributed by atoms with E-state index >= 15 is 0 Å². The number of piperidine rings is 1. The minimum atomic E-state index is 0.116. The van der Waals surface area contributed by atoms with Crippen LogP contribution in [-0.2, 0) is 4.79 Å². The van der Waals surface area contributed by atoms with Crippen molar-refractivity contribution in [1.82, 2.24) is 4.98 Å². The Bertz CT molecular complexity index is 686. The SMILES string of the molecule is O=C(C#CC=C1CCN(c2ncccc2[NH2+]O)CC1)C1CCCCC1. The van der Waals surface area contributed by atoms with Crippen LogP contribution in [0.2, 0.25) is 0 Å². The van der Waals surface area contributed by atoms with E-state index in [9.17, 15) is 10.0 Å². The molecule has 2 aliphatic rings. The van der Waals surface area contributed by atoms with E-state index in [-0.39, 0.29) is 11.7 Å². The second kappa shape index (κ2) is 8.80. The zero-order chi connectivity index (χ0) is 17.5. The van der Waals surface area contributed by atoms with Gasteiger partial charge in [-0.1, -0.05) is 30.8 Å². The minimum Gasteiger partial charge on any atom is -0.351 e. The summed E-state index contributed by atoms with van der Waals surface area (Å²) >= 11 is 0. The van der Waals surface area contributed by atoms with Gasteiger partial charge >= 0.3 is 0 Å². The van der Waals surface area contributed by atoms with Crippen LogP contribution in [0.5, 0.6) is 0 Å². The summed E-state index contributed by atoms with van der Waals surface area (Å²) in [5.41, 5.74) is 3.13. The summed E-state index contributed by atoms with van der Waals surface area (Å²) in [6.07, 6.45) is 11.1. The van der Waals surface area contributed by atoms with Gasteiger partial charge in [0, 0.05) is 31.3 Å². The molecule has 1 aromatic heterocycles. The van der Waals surface area contributed by atoms with Crippen molar-refractivity contribution in [2.45, 2.75) is 44.9 Å². The Labute approximate surface area is 149 Å². The van der Waals surface area contributed by atoms with Gasteiger partial charge in [-0.3, -0.25) is 4.79 Å². The van der Waals surface area contributed by atoms with Crippen LogP contribution in [0.3, 0.4) is 0 Å². The fourth-order valence-corrected chi connectivity index (χ4v) is 3.60. The summed E-state index contributed by atoms with van der Waals surface area (Å²) < 4.78 is 0. The van der Waals surface area contributed by atoms with Gasteiger partial charge in [-0.15, -0.1) is 0 Å². The molecule has 0 bridgehead atoms. The van der Waals surface area contributed by atoms with Crippen LogP contribution in [-0.4, -0.2) is 29.1 Å². The summed E-state index contributed by atoms with van der Waals surface area (Å²) in [5.74, 6) is 6.92. The van der Waals surface area contributed by atoms with Crippen LogP contribution in [0.15, 0.2) is 30.0 Å². The molecule has 3 rings (SSSR count). The van der Waals surface area contributed by atoms with Crippen molar-refractivity contribution >= 4 is 17.3 Å². The number of carbonyl (C=O) groups is 1. The zero-order valence-electron chi connectivity index (χ0n) is 14.6. The van der Waals surface area contributed by atoms with Crippen molar-refractivity contribution in [1.29, 1.82) is 0 Å². The zero-order valence-corrected chi connectivity index (χ0v) is 14.6. The van der Waals surface area contributed by atoms with E-state index in [1.165, 1.54) is 12.0 Å². The predicted molar refractivity (Wildman–Crippen MR) is 96.5 cm³/mol. The monoisotopic (exact) mass is 340 g/mol. The second-order valence-corrected chi connectivity index (χ2v) is 6.80. The number of hydrogen-bond donors (Lipinski definition) is 2. The Morgan fingerprint density at radius 2 is 2.04 bits per heavy atom. The van der Waals surface area contributed by atoms with E-state index in [2.05, 4.69) is 21.7 Å². The number of Topliss-reactive ketones (excluding diaryl/α,β-unsaturated/α-hetero) is 1. The summed E-state index contributed by atoms with van der Waals surface area (Å²) in [6, 6.07) is 3.68. The molecule has 1 saturated heterocycles. The lowest BCUT2D eigenvalue weighted by Gasteiger charge is -2.29. The molecule has 3 N–H and O–H groups in total. The Morgan fingerprint density at radius 1 is 1.28 bits per heavy atom. The summed E-state index contributed by atoms with van der Waals surface area (Å²) in [6.45, 7) is 1.70. The molecule has 1 aliphatic carbocycles. The molecule has 5 nitrogen and oxygen atoms in total. The van der Waals surface area contributed by atoms with Crippen molar-refractivity contribution in [3.63, 3.8) is 0 Å². The summed E-state index contributed by atoms with van der Waals surface area (Å²) in [4.78, 5) is 18.7. The molecule has 2 fully saturated rings. The normalized spacial score (nSPS) is 18.4. The number of ketones is 1. The van der Waals surface area contributed by atoms with E-state index in [1.54, 1.807) is 6.20 Å². The van der Waals surface area contributed by atoms with Gasteiger partial charge in [0.1, 0.15) is 0 Å². The van der Waals surface area contributed by atoms with E-state index in [0.29, 0.717) is 0 Å². The van der Waals surface area contributed by atoms with E-state index in [1.807, 2.05) is 18.2 Å². The lowest BCUT2D eigenvalue weighted by atomic mass is 9.86. The average Bonchev–Trinajstić information content (AvgIpc) is 2.69. The van der Waals surface area contributed by atoms with Gasteiger partial charge in [-0.2, -0.15) is 5.48 Å². The molecule has 1 aliphatic heterocycles. The standard InChI is InChI=1S/C20H25N3O2/c24-19(17-7-2-1-3-8-17)10-4-6-16-11-14-23(15-12-16)20-18(22-25)9-5-13-21-20/h5-6,9,13,17,22,25H,1-3,7-8,11-12,14-15H2/p+1. The lowest BCUT2D eigenvalue weighted by molar-refractivity contribution is -0.825. The van der Waals surface area contributed by atoms with Crippen molar-refractivity contribution in [3.8, 4) is 11.8 Å². The quantitative estimate of drug-likeness (QED) is 0.503. The molecule has 0 radical (unpaired) electrons. The number of hydrogen-bond acceptors (Lipinski definition) is 4. The van der Waals surface area contributed by atoms with Gasteiger partial charge in [0.2, 0.25) is 11.5 Å². The molecular formula is C20H26N3O2+. The molecule has 2 heterocycles. The van der Waals surface area contributed by atoms with Gasteiger partial charge in [-0.25, -0.2) is 10.2 Å². The van der Waals surface area contributed by atoms with Crippen LogP contribution in [0.25, 0.3) is 0 Å². The number of quaternary nitrogens is 1. The van der Waals surface area contributed by atoms with Crippen LogP contribution >= 0.6 is 0 Å². The molecule has 25 heavy (non-hydrogen) atoms. The van der Waals surface area contributed by atoms with Gasteiger partial charge in [-0.05, 0) is 43.7 Å². The molecule has 0 aromatic carbocycles. The molecule has 0 atom stereocenters. The molecule has 5 heteroatoms. The number of carbonyl (C=O) groups excluding carboxylic acids is 1. The predicted octanol–water partition coefficient (Wildman–Crippen LogP) is 2.35. The highest BCUT2D eigenvalue weighted by atomic mass is 16.5. The first kappa shape index (κ1) is 17.7. The smallest absolute Gasteiger partial charge is 0.208 e. The number of pyridine rings is 1. The molecular weight excluding hydrogens is 314 g/mol. The fraction of sp³-hybridized carbons (Fsp3) is 0.500. The first-order valence-electron chi connectivity index (χ1n) is 9.18. The first-order chi connectivity index (χ1) is 12.3. The number of anilines is 1. The minimum absolute atomic E-state index is 0.116. The molecule has 0 unspecified atom stereocenters. The van der Waals surface area contributed by atoms with E-state index < -0.39 is 0 Å².